The van der Waals surface area contributed by atoms with E-state index in [4.69, 9.17) is 4.74 Å². The number of piperazine rings is 1. The summed E-state index contributed by atoms with van der Waals surface area (Å²) in [6.07, 6.45) is 1.62. The Morgan fingerprint density at radius 2 is 1.70 bits per heavy atom. The standard InChI is InChI=1S/C26H27FN4O2/c27-23-10-8-22(9-11-23)26-31(17-18-33-26)19-20-4-6-21(7-5-20)25(32)30-15-13-29(14-16-30)24-3-1-2-12-28-24/h1-12,26H,13-19H2. The monoisotopic (exact) mass is 446 g/mol. The van der Waals surface area contributed by atoms with E-state index in [2.05, 4.69) is 14.8 Å². The number of anilines is 1. The fourth-order valence-electron chi connectivity index (χ4n) is 4.45. The van der Waals surface area contributed by atoms with Crippen molar-refractivity contribution in [1.82, 2.24) is 14.8 Å². The first-order valence-electron chi connectivity index (χ1n) is 11.3. The SMILES string of the molecule is O=C(c1ccc(CN2CCOC2c2ccc(F)cc2)cc1)N1CCN(c2ccccn2)CC1. The van der Waals surface area contributed by atoms with Gasteiger partial charge in [0.1, 0.15) is 17.9 Å². The molecule has 1 amide bonds. The molecule has 1 atom stereocenters. The van der Waals surface area contributed by atoms with Crippen LogP contribution in [0.25, 0.3) is 0 Å². The number of ether oxygens (including phenoxy) is 1. The Balaban J connectivity index is 1.18. The Kier molecular flexibility index (Phi) is 6.32. The number of nitrogens with zero attached hydrogens (tertiary/aromatic N) is 4. The van der Waals surface area contributed by atoms with Crippen molar-refractivity contribution >= 4 is 11.7 Å². The smallest absolute Gasteiger partial charge is 0.253 e. The molecule has 1 aromatic heterocycles. The Hall–Kier alpha value is -3.29. The molecular formula is C26H27FN4O2. The third-order valence-electron chi connectivity index (χ3n) is 6.27. The maximum atomic E-state index is 13.3. The van der Waals surface area contributed by atoms with Crippen LogP contribution in [0.1, 0.15) is 27.7 Å². The first kappa shape index (κ1) is 21.6. The Bertz CT molecular complexity index is 1070. The molecule has 5 rings (SSSR count). The van der Waals surface area contributed by atoms with Crippen LogP contribution in [-0.4, -0.2) is 60.0 Å². The van der Waals surface area contributed by atoms with Gasteiger partial charge in [-0.25, -0.2) is 9.37 Å². The van der Waals surface area contributed by atoms with E-state index >= 15 is 0 Å². The zero-order valence-electron chi connectivity index (χ0n) is 18.4. The first-order valence-corrected chi connectivity index (χ1v) is 11.3. The highest BCUT2D eigenvalue weighted by Gasteiger charge is 2.27. The van der Waals surface area contributed by atoms with Crippen molar-refractivity contribution in [1.29, 1.82) is 0 Å². The third-order valence-corrected chi connectivity index (χ3v) is 6.27. The summed E-state index contributed by atoms with van der Waals surface area (Å²) >= 11 is 0. The summed E-state index contributed by atoms with van der Waals surface area (Å²) in [5.41, 5.74) is 2.77. The largest absolute Gasteiger partial charge is 0.357 e. The minimum Gasteiger partial charge on any atom is -0.357 e. The quantitative estimate of drug-likeness (QED) is 0.598. The first-order chi connectivity index (χ1) is 16.2. The van der Waals surface area contributed by atoms with Crippen molar-refractivity contribution < 1.29 is 13.9 Å². The lowest BCUT2D eigenvalue weighted by molar-refractivity contribution is 0.0287. The number of pyridine rings is 1. The predicted molar refractivity (Wildman–Crippen MR) is 124 cm³/mol. The van der Waals surface area contributed by atoms with Crippen LogP contribution in [0.4, 0.5) is 10.2 Å². The van der Waals surface area contributed by atoms with Gasteiger partial charge in [-0.1, -0.05) is 30.3 Å². The lowest BCUT2D eigenvalue weighted by Gasteiger charge is -2.35. The van der Waals surface area contributed by atoms with Gasteiger partial charge in [-0.15, -0.1) is 0 Å². The molecule has 0 spiro atoms. The number of amides is 1. The van der Waals surface area contributed by atoms with E-state index in [0.717, 1.165) is 36.6 Å². The van der Waals surface area contributed by atoms with Crippen LogP contribution in [0.2, 0.25) is 0 Å². The minimum atomic E-state index is -0.248. The maximum absolute atomic E-state index is 13.3. The number of hydrogen-bond donors (Lipinski definition) is 0. The van der Waals surface area contributed by atoms with E-state index in [1.54, 1.807) is 18.3 Å². The number of aromatic nitrogens is 1. The molecule has 3 heterocycles. The summed E-state index contributed by atoms with van der Waals surface area (Å²) in [5, 5.41) is 0. The lowest BCUT2D eigenvalue weighted by Crippen LogP contribution is -2.49. The van der Waals surface area contributed by atoms with Crippen LogP contribution in [0.15, 0.2) is 72.9 Å². The van der Waals surface area contributed by atoms with E-state index in [0.29, 0.717) is 31.8 Å². The van der Waals surface area contributed by atoms with Crippen molar-refractivity contribution in [2.75, 3.05) is 44.2 Å². The third kappa shape index (κ3) is 4.89. The molecule has 2 fully saturated rings. The van der Waals surface area contributed by atoms with Gasteiger partial charge in [0.05, 0.1) is 6.61 Å². The highest BCUT2D eigenvalue weighted by atomic mass is 19.1. The average Bonchev–Trinajstić information content (AvgIpc) is 3.33. The molecule has 0 bridgehead atoms. The van der Waals surface area contributed by atoms with Crippen molar-refractivity contribution in [3.63, 3.8) is 0 Å². The normalized spacial score (nSPS) is 19.1. The van der Waals surface area contributed by atoms with Gasteiger partial charge >= 0.3 is 0 Å². The number of carbonyl (C=O) groups is 1. The topological polar surface area (TPSA) is 48.9 Å². The fraction of sp³-hybridized carbons (Fsp3) is 0.308. The van der Waals surface area contributed by atoms with Crippen LogP contribution in [-0.2, 0) is 11.3 Å². The van der Waals surface area contributed by atoms with Crippen LogP contribution in [0, 0.1) is 5.82 Å². The molecule has 1 unspecified atom stereocenters. The number of benzene rings is 2. The molecule has 2 aromatic carbocycles. The Morgan fingerprint density at radius 1 is 0.939 bits per heavy atom. The van der Waals surface area contributed by atoms with Crippen molar-refractivity contribution in [2.45, 2.75) is 12.8 Å². The molecule has 2 saturated heterocycles. The second-order valence-corrected chi connectivity index (χ2v) is 8.41. The Labute approximate surface area is 193 Å². The molecule has 170 valence electrons. The molecule has 0 saturated carbocycles. The molecule has 6 nitrogen and oxygen atoms in total. The van der Waals surface area contributed by atoms with E-state index in [9.17, 15) is 9.18 Å². The van der Waals surface area contributed by atoms with Gasteiger partial charge in [0.25, 0.3) is 5.91 Å². The molecule has 7 heteroatoms. The molecule has 0 N–H and O–H groups in total. The average molecular weight is 447 g/mol. The van der Waals surface area contributed by atoms with Crippen molar-refractivity contribution in [3.8, 4) is 0 Å². The van der Waals surface area contributed by atoms with Gasteiger partial charge in [-0.2, -0.15) is 0 Å². The van der Waals surface area contributed by atoms with Crippen molar-refractivity contribution in [2.24, 2.45) is 0 Å². The number of halogens is 1. The number of carbonyl (C=O) groups excluding carboxylic acids is 1. The zero-order chi connectivity index (χ0) is 22.6. The van der Waals surface area contributed by atoms with Gasteiger partial charge < -0.3 is 14.5 Å². The summed E-state index contributed by atoms with van der Waals surface area (Å²) in [6.45, 7) is 5.08. The molecular weight excluding hydrogens is 419 g/mol. The van der Waals surface area contributed by atoms with Crippen LogP contribution in [0.3, 0.4) is 0 Å². The summed E-state index contributed by atoms with van der Waals surface area (Å²) in [7, 11) is 0. The lowest BCUT2D eigenvalue weighted by atomic mass is 10.1. The van der Waals surface area contributed by atoms with Crippen LogP contribution >= 0.6 is 0 Å². The molecule has 2 aliphatic rings. The van der Waals surface area contributed by atoms with E-state index in [-0.39, 0.29) is 18.0 Å². The van der Waals surface area contributed by atoms with Gasteiger partial charge in [0.2, 0.25) is 0 Å². The fourth-order valence-corrected chi connectivity index (χ4v) is 4.45. The molecule has 33 heavy (non-hydrogen) atoms. The van der Waals surface area contributed by atoms with Gasteiger partial charge in [0, 0.05) is 51.0 Å². The summed E-state index contributed by atoms with van der Waals surface area (Å²) in [4.78, 5) is 23.7. The second-order valence-electron chi connectivity index (χ2n) is 8.41. The molecule has 0 radical (unpaired) electrons. The van der Waals surface area contributed by atoms with Crippen LogP contribution < -0.4 is 4.90 Å². The van der Waals surface area contributed by atoms with Gasteiger partial charge in [-0.05, 0) is 47.5 Å². The zero-order valence-corrected chi connectivity index (χ0v) is 18.4. The highest BCUT2D eigenvalue weighted by Crippen LogP contribution is 2.28. The minimum absolute atomic E-state index is 0.0657. The predicted octanol–water partition coefficient (Wildman–Crippen LogP) is 3.71. The highest BCUT2D eigenvalue weighted by molar-refractivity contribution is 5.94. The van der Waals surface area contributed by atoms with Gasteiger partial charge in [0.15, 0.2) is 0 Å². The molecule has 2 aliphatic heterocycles. The maximum Gasteiger partial charge on any atom is 0.253 e. The summed E-state index contributed by atoms with van der Waals surface area (Å²) < 4.78 is 19.1. The van der Waals surface area contributed by atoms with E-state index < -0.39 is 0 Å². The van der Waals surface area contributed by atoms with Crippen LogP contribution in [0.5, 0.6) is 0 Å². The summed E-state index contributed by atoms with van der Waals surface area (Å²) in [5.74, 6) is 0.774. The molecule has 0 aliphatic carbocycles. The second kappa shape index (κ2) is 9.68. The van der Waals surface area contributed by atoms with E-state index in [1.165, 1.54) is 12.1 Å². The number of hydrogen-bond acceptors (Lipinski definition) is 5. The summed E-state index contributed by atoms with van der Waals surface area (Å²) in [6, 6.07) is 20.2. The Morgan fingerprint density at radius 3 is 2.39 bits per heavy atom. The molecule has 3 aromatic rings. The van der Waals surface area contributed by atoms with Crippen molar-refractivity contribution in [3.05, 3.63) is 95.4 Å². The van der Waals surface area contributed by atoms with Gasteiger partial charge in [-0.3, -0.25) is 9.69 Å². The number of rotatable bonds is 5. The van der Waals surface area contributed by atoms with E-state index in [1.807, 2.05) is 47.4 Å².